The van der Waals surface area contributed by atoms with E-state index in [0.717, 1.165) is 11.8 Å². The summed E-state index contributed by atoms with van der Waals surface area (Å²) in [6, 6.07) is 2.86. The molecule has 0 saturated heterocycles. The van der Waals surface area contributed by atoms with E-state index in [2.05, 4.69) is 11.6 Å². The van der Waals surface area contributed by atoms with E-state index >= 15 is 0 Å². The Balaban J connectivity index is 2.96. The van der Waals surface area contributed by atoms with Crippen LogP contribution in [0.1, 0.15) is 12.6 Å². The number of hydrogen-bond donors (Lipinski definition) is 1. The average Bonchev–Trinajstić information content (AvgIpc) is 2.04. The molecule has 2 nitrogen and oxygen atoms in total. The van der Waals surface area contributed by atoms with E-state index in [0.29, 0.717) is 5.69 Å². The van der Waals surface area contributed by atoms with Crippen LogP contribution in [0.3, 0.4) is 0 Å². The van der Waals surface area contributed by atoms with E-state index in [4.69, 9.17) is 5.11 Å². The van der Waals surface area contributed by atoms with Crippen LogP contribution in [0.25, 0.3) is 5.57 Å². The molecular weight excluding hydrogens is 169 g/mol. The third-order valence-electron chi connectivity index (χ3n) is 1.51. The maximum atomic E-state index is 12.5. The number of allylic oxidation sites excluding steroid dienone is 2. The van der Waals surface area contributed by atoms with Gasteiger partial charge in [0, 0.05) is 0 Å². The lowest BCUT2D eigenvalue weighted by Gasteiger charge is -1.99. The normalized spacial score (nSPS) is 11.4. The van der Waals surface area contributed by atoms with Gasteiger partial charge in [-0.1, -0.05) is 6.58 Å². The van der Waals surface area contributed by atoms with Crippen molar-refractivity contribution in [1.82, 2.24) is 4.98 Å². The summed E-state index contributed by atoms with van der Waals surface area (Å²) < 4.78 is 12.5. The highest BCUT2D eigenvalue weighted by atomic mass is 19.1. The molecule has 0 atom stereocenters. The van der Waals surface area contributed by atoms with Crippen molar-refractivity contribution in [3.05, 3.63) is 48.3 Å². The fourth-order valence-corrected chi connectivity index (χ4v) is 0.933. The second kappa shape index (κ2) is 3.85. The third-order valence-corrected chi connectivity index (χ3v) is 1.51. The molecule has 0 spiro atoms. The van der Waals surface area contributed by atoms with Crippen LogP contribution in [0.2, 0.25) is 0 Å². The topological polar surface area (TPSA) is 33.1 Å². The van der Waals surface area contributed by atoms with Crippen molar-refractivity contribution in [3.8, 4) is 0 Å². The standard InChI is InChI=1S/C10H10FNO/c1-7(5-8(2)13)10-4-3-9(11)6-12-10/h3-6,13H,2H2,1H3/b7-5+. The second-order valence-corrected chi connectivity index (χ2v) is 2.68. The molecule has 0 bridgehead atoms. The van der Waals surface area contributed by atoms with Gasteiger partial charge in [-0.3, -0.25) is 4.98 Å². The number of aliphatic hydroxyl groups excluding tert-OH is 1. The summed E-state index contributed by atoms with van der Waals surface area (Å²) in [7, 11) is 0. The Morgan fingerprint density at radius 1 is 1.62 bits per heavy atom. The number of halogens is 1. The zero-order chi connectivity index (χ0) is 9.84. The van der Waals surface area contributed by atoms with Crippen molar-refractivity contribution >= 4 is 5.57 Å². The predicted octanol–water partition coefficient (Wildman–Crippen LogP) is 2.70. The molecule has 3 heteroatoms. The number of rotatable bonds is 2. The number of aliphatic hydroxyl groups is 1. The first-order valence-electron chi connectivity index (χ1n) is 3.77. The Kier molecular flexibility index (Phi) is 2.80. The molecule has 0 aromatic carbocycles. The summed E-state index contributed by atoms with van der Waals surface area (Å²) in [4.78, 5) is 3.84. The van der Waals surface area contributed by atoms with Crippen LogP contribution in [0.4, 0.5) is 4.39 Å². The summed E-state index contributed by atoms with van der Waals surface area (Å²) in [6.45, 7) is 5.08. The van der Waals surface area contributed by atoms with Crippen LogP contribution in [0.15, 0.2) is 36.7 Å². The highest BCUT2D eigenvalue weighted by Crippen LogP contribution is 2.11. The van der Waals surface area contributed by atoms with Gasteiger partial charge in [-0.2, -0.15) is 0 Å². The molecule has 1 aromatic rings. The summed E-state index contributed by atoms with van der Waals surface area (Å²) in [5.74, 6) is -0.414. The molecule has 0 fully saturated rings. The fraction of sp³-hybridized carbons (Fsp3) is 0.100. The predicted molar refractivity (Wildman–Crippen MR) is 49.6 cm³/mol. The Morgan fingerprint density at radius 3 is 2.77 bits per heavy atom. The second-order valence-electron chi connectivity index (χ2n) is 2.68. The van der Waals surface area contributed by atoms with Crippen molar-refractivity contribution in [2.45, 2.75) is 6.92 Å². The van der Waals surface area contributed by atoms with E-state index in [-0.39, 0.29) is 11.6 Å². The van der Waals surface area contributed by atoms with Crippen molar-refractivity contribution in [2.75, 3.05) is 0 Å². The van der Waals surface area contributed by atoms with Crippen LogP contribution in [-0.4, -0.2) is 10.1 Å². The van der Waals surface area contributed by atoms with Gasteiger partial charge in [0.2, 0.25) is 0 Å². The van der Waals surface area contributed by atoms with Gasteiger partial charge in [-0.25, -0.2) is 4.39 Å². The van der Waals surface area contributed by atoms with Gasteiger partial charge in [0.25, 0.3) is 0 Å². The molecule has 0 amide bonds. The Morgan fingerprint density at radius 2 is 2.31 bits per heavy atom. The highest BCUT2D eigenvalue weighted by Gasteiger charge is 1.97. The Labute approximate surface area is 76.1 Å². The minimum Gasteiger partial charge on any atom is -0.509 e. The van der Waals surface area contributed by atoms with Crippen LogP contribution >= 0.6 is 0 Å². The van der Waals surface area contributed by atoms with E-state index < -0.39 is 0 Å². The quantitative estimate of drug-likeness (QED) is 0.559. The van der Waals surface area contributed by atoms with Crippen molar-refractivity contribution in [2.24, 2.45) is 0 Å². The maximum absolute atomic E-state index is 12.5. The summed E-state index contributed by atoms with van der Waals surface area (Å²) in [5, 5.41) is 8.87. The van der Waals surface area contributed by atoms with E-state index in [1.54, 1.807) is 13.0 Å². The zero-order valence-electron chi connectivity index (χ0n) is 7.29. The van der Waals surface area contributed by atoms with Crippen LogP contribution in [0.5, 0.6) is 0 Å². The Hall–Kier alpha value is -1.64. The highest BCUT2D eigenvalue weighted by molar-refractivity contribution is 5.62. The molecule has 0 aliphatic rings. The number of pyridine rings is 1. The number of hydrogen-bond acceptors (Lipinski definition) is 2. The van der Waals surface area contributed by atoms with Crippen LogP contribution in [0, 0.1) is 5.82 Å². The van der Waals surface area contributed by atoms with Crippen LogP contribution in [-0.2, 0) is 0 Å². The summed E-state index contributed by atoms with van der Waals surface area (Å²) >= 11 is 0. The van der Waals surface area contributed by atoms with Gasteiger partial charge in [0.1, 0.15) is 11.6 Å². The molecule has 0 radical (unpaired) electrons. The van der Waals surface area contributed by atoms with Gasteiger partial charge in [-0.15, -0.1) is 0 Å². The lowest BCUT2D eigenvalue weighted by atomic mass is 10.2. The molecular formula is C10H10FNO. The molecule has 0 aliphatic carbocycles. The fourth-order valence-electron chi connectivity index (χ4n) is 0.933. The first kappa shape index (κ1) is 9.45. The molecule has 0 saturated carbocycles. The molecule has 1 rings (SSSR count). The lowest BCUT2D eigenvalue weighted by molar-refractivity contribution is 0.435. The van der Waals surface area contributed by atoms with E-state index in [9.17, 15) is 4.39 Å². The monoisotopic (exact) mass is 179 g/mol. The average molecular weight is 179 g/mol. The number of aromatic nitrogens is 1. The molecule has 1 heterocycles. The van der Waals surface area contributed by atoms with Crippen molar-refractivity contribution in [3.63, 3.8) is 0 Å². The maximum Gasteiger partial charge on any atom is 0.141 e. The molecule has 0 unspecified atom stereocenters. The SMILES string of the molecule is C=C(O)/C=C(\C)c1ccc(F)cn1. The molecule has 68 valence electrons. The van der Waals surface area contributed by atoms with Crippen molar-refractivity contribution < 1.29 is 9.50 Å². The van der Waals surface area contributed by atoms with Gasteiger partial charge < -0.3 is 5.11 Å². The minimum atomic E-state index is -0.376. The third kappa shape index (κ3) is 2.71. The largest absolute Gasteiger partial charge is 0.509 e. The van der Waals surface area contributed by atoms with Gasteiger partial charge >= 0.3 is 0 Å². The van der Waals surface area contributed by atoms with Crippen LogP contribution < -0.4 is 0 Å². The van der Waals surface area contributed by atoms with Crippen molar-refractivity contribution in [1.29, 1.82) is 0 Å². The van der Waals surface area contributed by atoms with E-state index in [1.807, 2.05) is 0 Å². The molecule has 1 N–H and O–H groups in total. The molecule has 0 aliphatic heterocycles. The Bertz CT molecular complexity index is 340. The van der Waals surface area contributed by atoms with Gasteiger partial charge in [0.15, 0.2) is 0 Å². The van der Waals surface area contributed by atoms with Gasteiger partial charge in [0.05, 0.1) is 11.9 Å². The zero-order valence-corrected chi connectivity index (χ0v) is 7.29. The summed E-state index contributed by atoms with van der Waals surface area (Å²) in [5.41, 5.74) is 1.36. The smallest absolute Gasteiger partial charge is 0.141 e. The molecule has 1 aromatic heterocycles. The first-order valence-corrected chi connectivity index (χ1v) is 3.77. The molecule has 13 heavy (non-hydrogen) atoms. The summed E-state index contributed by atoms with van der Waals surface area (Å²) in [6.07, 6.45) is 2.60. The minimum absolute atomic E-state index is 0.0383. The lowest BCUT2D eigenvalue weighted by Crippen LogP contribution is -1.87. The van der Waals surface area contributed by atoms with Gasteiger partial charge in [-0.05, 0) is 30.7 Å². The number of nitrogens with zero attached hydrogens (tertiary/aromatic N) is 1. The first-order chi connectivity index (χ1) is 6.09. The van der Waals surface area contributed by atoms with E-state index in [1.165, 1.54) is 12.1 Å².